The van der Waals surface area contributed by atoms with Crippen LogP contribution in [0, 0.1) is 0 Å². The van der Waals surface area contributed by atoms with Crippen LogP contribution in [0.15, 0.2) is 23.3 Å². The molecular weight excluding hydrogens is 242 g/mol. The largest absolute Gasteiger partial charge is 0.385 e. The van der Waals surface area contributed by atoms with Gasteiger partial charge in [0.1, 0.15) is 5.15 Å². The molecule has 2 aromatic rings. The van der Waals surface area contributed by atoms with Gasteiger partial charge in [0.05, 0.1) is 11.6 Å². The second-order valence-corrected chi connectivity index (χ2v) is 3.94. The predicted molar refractivity (Wildman–Crippen MR) is 65.3 cm³/mol. The molecule has 6 heteroatoms. The number of aryl methyl sites for hydroxylation is 1. The molecule has 0 radical (unpaired) electrons. The lowest BCUT2D eigenvalue weighted by Gasteiger charge is -2.05. The van der Waals surface area contributed by atoms with Gasteiger partial charge in [-0.2, -0.15) is 5.10 Å². The van der Waals surface area contributed by atoms with Gasteiger partial charge in [-0.05, 0) is 12.5 Å². The molecule has 0 saturated carbocycles. The summed E-state index contributed by atoms with van der Waals surface area (Å²) >= 11 is 5.89. The number of hydrogen-bond donors (Lipinski definition) is 0. The van der Waals surface area contributed by atoms with Crippen molar-refractivity contribution in [1.29, 1.82) is 0 Å². The number of methoxy groups -OCH3 is 1. The van der Waals surface area contributed by atoms with E-state index in [1.807, 2.05) is 0 Å². The molecule has 0 unspecified atom stereocenters. The van der Waals surface area contributed by atoms with Crippen molar-refractivity contribution in [3.05, 3.63) is 34.0 Å². The second kappa shape index (κ2) is 5.25. The van der Waals surface area contributed by atoms with Crippen molar-refractivity contribution in [3.8, 4) is 0 Å². The van der Waals surface area contributed by atoms with E-state index in [2.05, 4.69) is 10.1 Å². The van der Waals surface area contributed by atoms with Crippen LogP contribution < -0.4 is 5.56 Å². The van der Waals surface area contributed by atoms with Crippen LogP contribution in [0.25, 0.3) is 10.8 Å². The summed E-state index contributed by atoms with van der Waals surface area (Å²) in [6, 6.07) is 1.65. The van der Waals surface area contributed by atoms with E-state index in [4.69, 9.17) is 16.3 Å². The van der Waals surface area contributed by atoms with E-state index in [1.165, 1.54) is 10.9 Å². The fourth-order valence-corrected chi connectivity index (χ4v) is 1.80. The van der Waals surface area contributed by atoms with Crippen molar-refractivity contribution < 1.29 is 4.74 Å². The summed E-state index contributed by atoms with van der Waals surface area (Å²) in [5.41, 5.74) is -0.150. The molecule has 0 aromatic carbocycles. The Bertz CT molecular complexity index is 582. The van der Waals surface area contributed by atoms with Gasteiger partial charge in [-0.3, -0.25) is 4.79 Å². The monoisotopic (exact) mass is 253 g/mol. The highest BCUT2D eigenvalue weighted by Crippen LogP contribution is 2.16. The van der Waals surface area contributed by atoms with Gasteiger partial charge in [0.25, 0.3) is 5.56 Å². The summed E-state index contributed by atoms with van der Waals surface area (Å²) in [5, 5.41) is 5.49. The zero-order chi connectivity index (χ0) is 12.3. The van der Waals surface area contributed by atoms with Crippen LogP contribution in [0.4, 0.5) is 0 Å². The molecule has 2 heterocycles. The summed E-state index contributed by atoms with van der Waals surface area (Å²) < 4.78 is 6.35. The van der Waals surface area contributed by atoms with Crippen LogP contribution in [0.1, 0.15) is 6.42 Å². The molecular formula is C11H12ClN3O2. The number of fused-ring (bicyclic) bond motifs is 1. The van der Waals surface area contributed by atoms with Crippen molar-refractivity contribution in [2.75, 3.05) is 13.7 Å². The molecule has 2 rings (SSSR count). The molecule has 0 spiro atoms. The van der Waals surface area contributed by atoms with E-state index in [9.17, 15) is 4.79 Å². The Kier molecular flexibility index (Phi) is 3.71. The van der Waals surface area contributed by atoms with Gasteiger partial charge in [0.15, 0.2) is 0 Å². The summed E-state index contributed by atoms with van der Waals surface area (Å²) in [6.07, 6.45) is 3.83. The topological polar surface area (TPSA) is 57.0 Å². The Morgan fingerprint density at radius 3 is 3.06 bits per heavy atom. The molecule has 0 bridgehead atoms. The Hall–Kier alpha value is -1.46. The number of rotatable bonds is 4. The fourth-order valence-electron chi connectivity index (χ4n) is 1.59. The van der Waals surface area contributed by atoms with Crippen molar-refractivity contribution in [2.45, 2.75) is 13.0 Å². The number of halogens is 1. The van der Waals surface area contributed by atoms with Gasteiger partial charge in [-0.1, -0.05) is 11.6 Å². The lowest BCUT2D eigenvalue weighted by molar-refractivity contribution is 0.188. The quantitative estimate of drug-likeness (QED) is 0.612. The van der Waals surface area contributed by atoms with Crippen LogP contribution in [0.3, 0.4) is 0 Å². The van der Waals surface area contributed by atoms with Crippen LogP contribution in [-0.2, 0) is 11.3 Å². The normalized spacial score (nSPS) is 10.9. The van der Waals surface area contributed by atoms with E-state index in [0.717, 1.165) is 6.42 Å². The first-order valence-electron chi connectivity index (χ1n) is 5.23. The molecule has 0 aliphatic carbocycles. The Labute approximate surface area is 103 Å². The predicted octanol–water partition coefficient (Wildman–Crippen LogP) is 1.48. The minimum atomic E-state index is -0.150. The smallest absolute Gasteiger partial charge is 0.274 e. The molecule has 0 atom stereocenters. The molecule has 0 aliphatic rings. The highest BCUT2D eigenvalue weighted by atomic mass is 35.5. The van der Waals surface area contributed by atoms with Crippen molar-refractivity contribution in [3.63, 3.8) is 0 Å². The second-order valence-electron chi connectivity index (χ2n) is 3.58. The average molecular weight is 254 g/mol. The Balaban J connectivity index is 2.41. The molecule has 2 aromatic heterocycles. The van der Waals surface area contributed by atoms with Gasteiger partial charge < -0.3 is 4.74 Å². The molecule has 0 N–H and O–H groups in total. The maximum Gasteiger partial charge on any atom is 0.274 e. The first kappa shape index (κ1) is 12.0. The van der Waals surface area contributed by atoms with Crippen LogP contribution >= 0.6 is 11.6 Å². The summed E-state index contributed by atoms with van der Waals surface area (Å²) in [4.78, 5) is 16.0. The van der Waals surface area contributed by atoms with Crippen molar-refractivity contribution in [1.82, 2.24) is 14.8 Å². The molecule has 5 nitrogen and oxygen atoms in total. The number of nitrogens with zero attached hydrogens (tertiary/aromatic N) is 3. The highest BCUT2D eigenvalue weighted by Gasteiger charge is 2.06. The fraction of sp³-hybridized carbons (Fsp3) is 0.364. The van der Waals surface area contributed by atoms with E-state index >= 15 is 0 Å². The van der Waals surface area contributed by atoms with Gasteiger partial charge in [-0.25, -0.2) is 9.67 Å². The van der Waals surface area contributed by atoms with Gasteiger partial charge >= 0.3 is 0 Å². The molecule has 0 aliphatic heterocycles. The summed E-state index contributed by atoms with van der Waals surface area (Å²) in [5.74, 6) is 0. The van der Waals surface area contributed by atoms with E-state index in [0.29, 0.717) is 29.1 Å². The average Bonchev–Trinajstić information content (AvgIpc) is 2.33. The van der Waals surface area contributed by atoms with Gasteiger partial charge in [-0.15, -0.1) is 0 Å². The molecule has 0 saturated heterocycles. The zero-order valence-electron chi connectivity index (χ0n) is 9.39. The Morgan fingerprint density at radius 1 is 1.47 bits per heavy atom. The minimum absolute atomic E-state index is 0.150. The highest BCUT2D eigenvalue weighted by molar-refractivity contribution is 6.34. The van der Waals surface area contributed by atoms with Gasteiger partial charge in [0.2, 0.25) is 0 Å². The standard InChI is InChI=1S/C11H12ClN3O2/c1-17-6-2-5-15-11(16)8-3-4-13-10(12)9(8)7-14-15/h3-4,7H,2,5-6H2,1H3. The van der Waals surface area contributed by atoms with E-state index < -0.39 is 0 Å². The first-order chi connectivity index (χ1) is 8.24. The molecule has 17 heavy (non-hydrogen) atoms. The number of hydrogen-bond acceptors (Lipinski definition) is 4. The summed E-state index contributed by atoms with van der Waals surface area (Å²) in [6.45, 7) is 1.13. The lowest BCUT2D eigenvalue weighted by Crippen LogP contribution is -2.23. The van der Waals surface area contributed by atoms with Crippen molar-refractivity contribution >= 4 is 22.4 Å². The molecule has 90 valence electrons. The SMILES string of the molecule is COCCCn1ncc2c(Cl)nccc2c1=O. The lowest BCUT2D eigenvalue weighted by atomic mass is 10.2. The van der Waals surface area contributed by atoms with Crippen LogP contribution in [0.2, 0.25) is 5.15 Å². The van der Waals surface area contributed by atoms with Crippen LogP contribution in [-0.4, -0.2) is 28.5 Å². The first-order valence-corrected chi connectivity index (χ1v) is 5.61. The maximum atomic E-state index is 12.0. The number of ether oxygens (including phenoxy) is 1. The van der Waals surface area contributed by atoms with Crippen LogP contribution in [0.5, 0.6) is 0 Å². The minimum Gasteiger partial charge on any atom is -0.385 e. The zero-order valence-corrected chi connectivity index (χ0v) is 10.1. The number of aromatic nitrogens is 3. The third kappa shape index (κ3) is 2.45. The van der Waals surface area contributed by atoms with E-state index in [1.54, 1.807) is 19.4 Å². The molecule has 0 amide bonds. The maximum absolute atomic E-state index is 12.0. The summed E-state index contributed by atoms with van der Waals surface area (Å²) in [7, 11) is 1.63. The van der Waals surface area contributed by atoms with Crippen molar-refractivity contribution in [2.24, 2.45) is 0 Å². The number of pyridine rings is 1. The Morgan fingerprint density at radius 2 is 2.29 bits per heavy atom. The third-order valence-corrected chi connectivity index (χ3v) is 2.75. The molecule has 0 fully saturated rings. The van der Waals surface area contributed by atoms with E-state index in [-0.39, 0.29) is 5.56 Å². The van der Waals surface area contributed by atoms with Gasteiger partial charge in [0, 0.05) is 31.8 Å². The third-order valence-electron chi connectivity index (χ3n) is 2.45.